The molecule has 5 nitrogen and oxygen atoms in total. The number of benzene rings is 2. The van der Waals surface area contributed by atoms with Gasteiger partial charge >= 0.3 is 11.9 Å². The van der Waals surface area contributed by atoms with Crippen LogP contribution in [0, 0.1) is 0 Å². The molecule has 2 aromatic rings. The van der Waals surface area contributed by atoms with Crippen LogP contribution in [0.2, 0.25) is 0 Å². The largest absolute Gasteiger partial charge is 0.460 e. The molecule has 0 atom stereocenters. The van der Waals surface area contributed by atoms with Crippen molar-refractivity contribution in [3.05, 3.63) is 65.7 Å². The molecular formula is C17H16O5. The number of hydrogen-bond donors (Lipinski definition) is 0. The summed E-state index contributed by atoms with van der Waals surface area (Å²) in [5.74, 6) is -0.531. The first-order chi connectivity index (χ1) is 10.7. The highest BCUT2D eigenvalue weighted by Gasteiger charge is 2.10. The lowest BCUT2D eigenvalue weighted by molar-refractivity contribution is 0.0388. The molecule has 0 aliphatic carbocycles. The van der Waals surface area contributed by atoms with Gasteiger partial charge in [-0.1, -0.05) is 18.2 Å². The van der Waals surface area contributed by atoms with Crippen LogP contribution in [-0.4, -0.2) is 32.3 Å². The van der Waals surface area contributed by atoms with Gasteiger partial charge in [0.2, 0.25) is 0 Å². The zero-order valence-electron chi connectivity index (χ0n) is 12.2. The van der Waals surface area contributed by atoms with E-state index in [2.05, 4.69) is 0 Å². The highest BCUT2D eigenvalue weighted by atomic mass is 16.6. The first-order valence-electron chi connectivity index (χ1n) is 6.74. The molecule has 0 spiro atoms. The van der Waals surface area contributed by atoms with E-state index in [9.17, 15) is 9.59 Å². The van der Waals surface area contributed by atoms with Gasteiger partial charge in [0.15, 0.2) is 0 Å². The Morgan fingerprint density at radius 3 is 2.09 bits per heavy atom. The summed E-state index contributed by atoms with van der Waals surface area (Å²) < 4.78 is 15.0. The molecule has 0 aromatic heterocycles. The van der Waals surface area contributed by atoms with Gasteiger partial charge in [0.25, 0.3) is 0 Å². The first kappa shape index (κ1) is 15.7. The minimum absolute atomic E-state index is 0.195. The normalized spacial score (nSPS) is 10.0. The highest BCUT2D eigenvalue weighted by molar-refractivity contribution is 5.91. The molecule has 114 valence electrons. The second-order valence-corrected chi connectivity index (χ2v) is 4.41. The molecule has 0 N–H and O–H groups in total. The Bertz CT molecular complexity index is 619. The van der Waals surface area contributed by atoms with Gasteiger partial charge in [0, 0.05) is 7.11 Å². The Morgan fingerprint density at radius 1 is 0.818 bits per heavy atom. The van der Waals surface area contributed by atoms with Gasteiger partial charge in [-0.3, -0.25) is 0 Å². The summed E-state index contributed by atoms with van der Waals surface area (Å²) >= 11 is 0. The average molecular weight is 300 g/mol. The minimum Gasteiger partial charge on any atom is -0.460 e. The lowest BCUT2D eigenvalue weighted by atomic mass is 10.2. The van der Waals surface area contributed by atoms with Crippen LogP contribution in [0.1, 0.15) is 20.7 Å². The lowest BCUT2D eigenvalue weighted by Gasteiger charge is -2.06. The van der Waals surface area contributed by atoms with Crippen LogP contribution in [-0.2, 0) is 9.47 Å². The predicted octanol–water partition coefficient (Wildman–Crippen LogP) is 2.71. The van der Waals surface area contributed by atoms with Crippen molar-refractivity contribution < 1.29 is 23.8 Å². The van der Waals surface area contributed by atoms with Crippen LogP contribution in [0.4, 0.5) is 0 Å². The molecule has 22 heavy (non-hydrogen) atoms. The fourth-order valence-corrected chi connectivity index (χ4v) is 1.70. The van der Waals surface area contributed by atoms with Gasteiger partial charge in [0.1, 0.15) is 12.4 Å². The lowest BCUT2D eigenvalue weighted by Crippen LogP contribution is -2.10. The van der Waals surface area contributed by atoms with Crippen LogP contribution in [0.5, 0.6) is 5.75 Å². The van der Waals surface area contributed by atoms with Crippen LogP contribution < -0.4 is 4.74 Å². The Balaban J connectivity index is 1.94. The van der Waals surface area contributed by atoms with Crippen molar-refractivity contribution in [3.63, 3.8) is 0 Å². The Hall–Kier alpha value is -2.66. The quantitative estimate of drug-likeness (QED) is 0.466. The highest BCUT2D eigenvalue weighted by Crippen LogP contribution is 2.15. The third-order valence-corrected chi connectivity index (χ3v) is 2.83. The number of esters is 2. The van der Waals surface area contributed by atoms with Crippen LogP contribution in [0.25, 0.3) is 0 Å². The molecule has 0 amide bonds. The summed E-state index contributed by atoms with van der Waals surface area (Å²) in [5.41, 5.74) is 0.848. The summed E-state index contributed by atoms with van der Waals surface area (Å²) in [6.07, 6.45) is 0. The molecule has 0 heterocycles. The van der Waals surface area contributed by atoms with Gasteiger partial charge in [-0.2, -0.15) is 0 Å². The molecule has 0 saturated heterocycles. The van der Waals surface area contributed by atoms with E-state index in [1.165, 1.54) is 7.11 Å². The number of methoxy groups -OCH3 is 1. The van der Waals surface area contributed by atoms with Gasteiger partial charge in [-0.25, -0.2) is 9.59 Å². The van der Waals surface area contributed by atoms with E-state index >= 15 is 0 Å². The molecule has 2 aromatic carbocycles. The first-order valence-corrected chi connectivity index (χ1v) is 6.74. The van der Waals surface area contributed by atoms with Crippen LogP contribution >= 0.6 is 0 Å². The smallest absolute Gasteiger partial charge is 0.343 e. The van der Waals surface area contributed by atoms with E-state index in [-0.39, 0.29) is 6.61 Å². The van der Waals surface area contributed by atoms with Crippen LogP contribution in [0.15, 0.2) is 54.6 Å². The van der Waals surface area contributed by atoms with E-state index < -0.39 is 11.9 Å². The standard InChI is InChI=1S/C17H16O5/c1-20-11-12-21-16(18)14-7-9-15(10-8-14)22-17(19)13-5-3-2-4-6-13/h2-10H,11-12H2,1H3. The van der Waals surface area contributed by atoms with Crippen molar-refractivity contribution in [1.29, 1.82) is 0 Å². The van der Waals surface area contributed by atoms with Crippen molar-refractivity contribution in [2.75, 3.05) is 20.3 Å². The molecule has 0 aliphatic heterocycles. The van der Waals surface area contributed by atoms with E-state index in [0.717, 1.165) is 0 Å². The fraction of sp³-hybridized carbons (Fsp3) is 0.176. The SMILES string of the molecule is COCCOC(=O)c1ccc(OC(=O)c2ccccc2)cc1. The molecule has 0 radical (unpaired) electrons. The van der Waals surface area contributed by atoms with Gasteiger partial charge < -0.3 is 14.2 Å². The molecule has 0 fully saturated rings. The van der Waals surface area contributed by atoms with E-state index in [1.54, 1.807) is 48.5 Å². The van der Waals surface area contributed by atoms with Crippen molar-refractivity contribution in [2.24, 2.45) is 0 Å². The average Bonchev–Trinajstić information content (AvgIpc) is 2.56. The summed E-state index contributed by atoms with van der Waals surface area (Å²) in [4.78, 5) is 23.6. The number of carbonyl (C=O) groups excluding carboxylic acids is 2. The van der Waals surface area contributed by atoms with E-state index in [4.69, 9.17) is 14.2 Å². The Morgan fingerprint density at radius 2 is 1.45 bits per heavy atom. The van der Waals surface area contributed by atoms with Crippen molar-refractivity contribution >= 4 is 11.9 Å². The fourth-order valence-electron chi connectivity index (χ4n) is 1.70. The van der Waals surface area contributed by atoms with Crippen molar-refractivity contribution in [3.8, 4) is 5.75 Å². The van der Waals surface area contributed by atoms with Crippen LogP contribution in [0.3, 0.4) is 0 Å². The summed E-state index contributed by atoms with van der Waals surface area (Å²) in [7, 11) is 1.53. The molecule has 0 unspecified atom stereocenters. The summed E-state index contributed by atoms with van der Waals surface area (Å²) in [5, 5.41) is 0. The number of ether oxygens (including phenoxy) is 3. The molecule has 0 saturated carbocycles. The monoisotopic (exact) mass is 300 g/mol. The zero-order chi connectivity index (χ0) is 15.8. The summed E-state index contributed by atoms with van der Waals surface area (Å²) in [6, 6.07) is 14.9. The Labute approximate surface area is 128 Å². The summed E-state index contributed by atoms with van der Waals surface area (Å²) in [6.45, 7) is 0.540. The third-order valence-electron chi connectivity index (χ3n) is 2.83. The van der Waals surface area contributed by atoms with Crippen molar-refractivity contribution in [2.45, 2.75) is 0 Å². The zero-order valence-corrected chi connectivity index (χ0v) is 12.2. The maximum Gasteiger partial charge on any atom is 0.343 e. The van der Waals surface area contributed by atoms with Gasteiger partial charge in [0.05, 0.1) is 17.7 Å². The molecular weight excluding hydrogens is 284 g/mol. The minimum atomic E-state index is -0.448. The molecule has 0 bridgehead atoms. The molecule has 0 aliphatic rings. The number of hydrogen-bond acceptors (Lipinski definition) is 5. The molecule has 2 rings (SSSR count). The maximum absolute atomic E-state index is 11.9. The van der Waals surface area contributed by atoms with Crippen molar-refractivity contribution in [1.82, 2.24) is 0 Å². The molecule has 5 heteroatoms. The van der Waals surface area contributed by atoms with E-state index in [1.807, 2.05) is 6.07 Å². The van der Waals surface area contributed by atoms with E-state index in [0.29, 0.717) is 23.5 Å². The second kappa shape index (κ2) is 7.95. The number of rotatable bonds is 6. The maximum atomic E-state index is 11.9. The number of carbonyl (C=O) groups is 2. The Kier molecular flexibility index (Phi) is 5.68. The predicted molar refractivity (Wildman–Crippen MR) is 80.0 cm³/mol. The third kappa shape index (κ3) is 4.43. The van der Waals surface area contributed by atoms with Gasteiger partial charge in [-0.15, -0.1) is 0 Å². The van der Waals surface area contributed by atoms with Gasteiger partial charge in [-0.05, 0) is 36.4 Å². The topological polar surface area (TPSA) is 61.8 Å². The second-order valence-electron chi connectivity index (χ2n) is 4.41.